The van der Waals surface area contributed by atoms with Gasteiger partial charge in [0.1, 0.15) is 23.5 Å². The van der Waals surface area contributed by atoms with Gasteiger partial charge in [0.2, 0.25) is 0 Å². The smallest absolute Gasteiger partial charge is 0.191 e. The monoisotopic (exact) mass is 376 g/mol. The highest BCUT2D eigenvalue weighted by Gasteiger charge is 2.24. The van der Waals surface area contributed by atoms with Crippen molar-refractivity contribution in [2.75, 3.05) is 13.6 Å². The molecule has 0 saturated carbocycles. The van der Waals surface area contributed by atoms with Crippen molar-refractivity contribution in [3.05, 3.63) is 40.9 Å². The van der Waals surface area contributed by atoms with E-state index >= 15 is 0 Å². The van der Waals surface area contributed by atoms with Crippen LogP contribution in [-0.4, -0.2) is 40.4 Å². The molecule has 7 nitrogen and oxygen atoms in total. The zero-order valence-electron chi connectivity index (χ0n) is 15.4. The number of rotatable bonds is 5. The molecule has 140 valence electrons. The first-order valence-electron chi connectivity index (χ1n) is 8.86. The first kappa shape index (κ1) is 18.5. The van der Waals surface area contributed by atoms with Crippen LogP contribution in [0.25, 0.3) is 0 Å². The van der Waals surface area contributed by atoms with Crippen LogP contribution in [0.2, 0.25) is 5.02 Å². The zero-order chi connectivity index (χ0) is 18.5. The van der Waals surface area contributed by atoms with Crippen molar-refractivity contribution in [1.82, 2.24) is 25.4 Å². The molecule has 0 aliphatic carbocycles. The highest BCUT2D eigenvalue weighted by Crippen LogP contribution is 2.22. The van der Waals surface area contributed by atoms with Crippen molar-refractivity contribution in [2.24, 2.45) is 4.99 Å². The number of benzene rings is 1. The number of aliphatic imine (C=N–C) groups is 1. The number of nitrogens with one attached hydrogen (secondary N) is 2. The van der Waals surface area contributed by atoms with Gasteiger partial charge in [0.25, 0.3) is 0 Å². The van der Waals surface area contributed by atoms with E-state index in [1.807, 2.05) is 42.8 Å². The van der Waals surface area contributed by atoms with Crippen molar-refractivity contribution in [2.45, 2.75) is 45.4 Å². The van der Waals surface area contributed by atoms with Crippen LogP contribution in [0.15, 0.2) is 29.3 Å². The Morgan fingerprint density at radius 2 is 2.19 bits per heavy atom. The van der Waals surface area contributed by atoms with Crippen LogP contribution in [0.5, 0.6) is 5.75 Å². The topological polar surface area (TPSA) is 76.4 Å². The molecule has 2 N–H and O–H groups in total. The van der Waals surface area contributed by atoms with Crippen LogP contribution >= 0.6 is 11.6 Å². The van der Waals surface area contributed by atoms with E-state index in [4.69, 9.17) is 16.3 Å². The zero-order valence-corrected chi connectivity index (χ0v) is 16.1. The molecule has 2 unspecified atom stereocenters. The lowest BCUT2D eigenvalue weighted by atomic mass is 10.1. The lowest BCUT2D eigenvalue weighted by Crippen LogP contribution is -2.44. The van der Waals surface area contributed by atoms with Crippen LogP contribution in [0.1, 0.15) is 37.5 Å². The Kier molecular flexibility index (Phi) is 5.98. The van der Waals surface area contributed by atoms with Crippen molar-refractivity contribution < 1.29 is 4.74 Å². The highest BCUT2D eigenvalue weighted by atomic mass is 35.5. The van der Waals surface area contributed by atoms with Gasteiger partial charge in [-0.05, 0) is 51.0 Å². The van der Waals surface area contributed by atoms with Crippen molar-refractivity contribution in [1.29, 1.82) is 0 Å². The molecule has 2 heterocycles. The fraction of sp³-hybridized carbons (Fsp3) is 0.500. The predicted molar refractivity (Wildman–Crippen MR) is 103 cm³/mol. The maximum Gasteiger partial charge on any atom is 0.191 e. The average Bonchev–Trinajstić information content (AvgIpc) is 3.01. The number of guanidine groups is 1. The van der Waals surface area contributed by atoms with Gasteiger partial charge < -0.3 is 15.4 Å². The first-order chi connectivity index (χ1) is 12.5. The Morgan fingerprint density at radius 3 is 2.92 bits per heavy atom. The number of hydrogen-bond acceptors (Lipinski definition) is 4. The quantitative estimate of drug-likeness (QED) is 0.619. The van der Waals surface area contributed by atoms with Gasteiger partial charge in [0.15, 0.2) is 5.96 Å². The molecule has 2 atom stereocenters. The van der Waals surface area contributed by atoms with Crippen LogP contribution in [-0.2, 0) is 6.54 Å². The summed E-state index contributed by atoms with van der Waals surface area (Å²) in [6, 6.07) is 7.48. The van der Waals surface area contributed by atoms with Gasteiger partial charge in [-0.3, -0.25) is 4.99 Å². The van der Waals surface area contributed by atoms with Crippen molar-refractivity contribution >= 4 is 17.6 Å². The van der Waals surface area contributed by atoms with E-state index in [1.165, 1.54) is 0 Å². The number of aryl methyl sites for hydroxylation is 2. The van der Waals surface area contributed by atoms with Crippen LogP contribution in [0, 0.1) is 6.92 Å². The molecule has 1 aliphatic rings. The molecule has 8 heteroatoms. The Labute approximate surface area is 158 Å². The maximum absolute atomic E-state index is 5.90. The van der Waals surface area contributed by atoms with Crippen molar-refractivity contribution in [3.63, 3.8) is 0 Å². The summed E-state index contributed by atoms with van der Waals surface area (Å²) in [6.07, 6.45) is 2.06. The molecule has 0 fully saturated rings. The summed E-state index contributed by atoms with van der Waals surface area (Å²) in [6.45, 7) is 5.48. The summed E-state index contributed by atoms with van der Waals surface area (Å²) >= 11 is 5.90. The SMILES string of the molecule is CN=C(NCC(C)Oc1ccc(Cl)cc1)NC1CCCn2nc(C)nc21. The van der Waals surface area contributed by atoms with Crippen LogP contribution in [0.3, 0.4) is 0 Å². The summed E-state index contributed by atoms with van der Waals surface area (Å²) in [5.74, 6) is 3.31. The summed E-state index contributed by atoms with van der Waals surface area (Å²) < 4.78 is 7.87. The molecule has 3 rings (SSSR count). The number of fused-ring (bicyclic) bond motifs is 1. The van der Waals surface area contributed by atoms with Gasteiger partial charge >= 0.3 is 0 Å². The molecule has 2 aromatic rings. The largest absolute Gasteiger partial charge is 0.489 e. The summed E-state index contributed by atoms with van der Waals surface area (Å²) in [5.41, 5.74) is 0. The third kappa shape index (κ3) is 4.66. The molecule has 1 aromatic heterocycles. The van der Waals surface area contributed by atoms with E-state index in [0.29, 0.717) is 11.6 Å². The molecular weight excluding hydrogens is 352 g/mol. The van der Waals surface area contributed by atoms with E-state index in [-0.39, 0.29) is 12.1 Å². The molecule has 0 saturated heterocycles. The molecule has 1 aromatic carbocycles. The lowest BCUT2D eigenvalue weighted by Gasteiger charge is -2.25. The highest BCUT2D eigenvalue weighted by molar-refractivity contribution is 6.30. The van der Waals surface area contributed by atoms with Gasteiger partial charge in [-0.1, -0.05) is 11.6 Å². The molecule has 0 bridgehead atoms. The standard InChI is InChI=1S/C18H25ClN6O/c1-12(26-15-8-6-14(19)7-9-15)11-21-18(20-3)23-16-5-4-10-25-17(16)22-13(2)24-25/h6-9,12,16H,4-5,10-11H2,1-3H3,(H2,20,21,23). The fourth-order valence-corrected chi connectivity index (χ4v) is 3.12. The molecule has 26 heavy (non-hydrogen) atoms. The first-order valence-corrected chi connectivity index (χ1v) is 9.23. The third-order valence-corrected chi connectivity index (χ3v) is 4.48. The minimum absolute atomic E-state index is 0.0213. The van der Waals surface area contributed by atoms with Gasteiger partial charge in [0.05, 0.1) is 12.6 Å². The van der Waals surface area contributed by atoms with Crippen molar-refractivity contribution in [3.8, 4) is 5.75 Å². The summed E-state index contributed by atoms with van der Waals surface area (Å²) in [5, 5.41) is 11.9. The van der Waals surface area contributed by atoms with E-state index in [1.54, 1.807) is 7.05 Å². The number of halogens is 1. The molecule has 1 aliphatic heterocycles. The third-order valence-electron chi connectivity index (χ3n) is 4.22. The second kappa shape index (κ2) is 8.40. The normalized spacial score (nSPS) is 18.2. The van der Waals surface area contributed by atoms with Gasteiger partial charge in [0, 0.05) is 18.6 Å². The lowest BCUT2D eigenvalue weighted by molar-refractivity contribution is 0.223. The minimum atomic E-state index is -0.0213. The predicted octanol–water partition coefficient (Wildman–Crippen LogP) is 2.71. The maximum atomic E-state index is 5.90. The Bertz CT molecular complexity index is 758. The summed E-state index contributed by atoms with van der Waals surface area (Å²) in [4.78, 5) is 8.87. The van der Waals surface area contributed by atoms with Crippen LogP contribution < -0.4 is 15.4 Å². The summed E-state index contributed by atoms with van der Waals surface area (Å²) in [7, 11) is 1.76. The Morgan fingerprint density at radius 1 is 1.42 bits per heavy atom. The number of nitrogens with zero attached hydrogens (tertiary/aromatic N) is 4. The molecule has 0 radical (unpaired) electrons. The number of ether oxygens (including phenoxy) is 1. The van der Waals surface area contributed by atoms with Gasteiger partial charge in [-0.25, -0.2) is 9.67 Å². The minimum Gasteiger partial charge on any atom is -0.489 e. The van der Waals surface area contributed by atoms with E-state index < -0.39 is 0 Å². The van der Waals surface area contributed by atoms with Gasteiger partial charge in [-0.15, -0.1) is 0 Å². The average molecular weight is 377 g/mol. The molecular formula is C18H25ClN6O. The second-order valence-electron chi connectivity index (χ2n) is 6.42. The van der Waals surface area contributed by atoms with Gasteiger partial charge in [-0.2, -0.15) is 5.10 Å². The van der Waals surface area contributed by atoms with Crippen LogP contribution in [0.4, 0.5) is 0 Å². The second-order valence-corrected chi connectivity index (χ2v) is 6.85. The molecule has 0 amide bonds. The Balaban J connectivity index is 1.53. The van der Waals surface area contributed by atoms with E-state index in [9.17, 15) is 0 Å². The number of aromatic nitrogens is 3. The van der Waals surface area contributed by atoms with E-state index in [0.717, 1.165) is 42.7 Å². The molecule has 0 spiro atoms. The Hall–Kier alpha value is -2.28. The number of hydrogen-bond donors (Lipinski definition) is 2. The fourth-order valence-electron chi connectivity index (χ4n) is 2.99. The van der Waals surface area contributed by atoms with E-state index in [2.05, 4.69) is 25.7 Å².